The average molecular weight is 347 g/mol. The number of nitrogens with zero attached hydrogens (tertiary/aromatic N) is 1. The Bertz CT molecular complexity index is 261. The molecule has 0 spiro atoms. The van der Waals surface area contributed by atoms with Gasteiger partial charge in [-0.2, -0.15) is 0 Å². The minimum Gasteiger partial charge on any atom is -0.342 e. The molecule has 0 aromatic heterocycles. The van der Waals surface area contributed by atoms with Gasteiger partial charge in [0.2, 0.25) is 5.91 Å². The maximum Gasteiger partial charge on any atom is 0.222 e. The first-order valence-electron chi connectivity index (χ1n) is 8.32. The van der Waals surface area contributed by atoms with Gasteiger partial charge in [-0.05, 0) is 31.8 Å². The Hall–Kier alpha value is -0.0900. The number of carbonyl (C=O) groups excluding carboxylic acids is 1. The highest BCUT2D eigenvalue weighted by molar-refractivity contribution is 9.09. The standard InChI is InChI=1S/C16H31BrN2O/c1-2-3-4-5-6-7-9-18-10-8-11-19-14-15(13-17)12-16(19)20/h15,18H,2-14H2,1H3. The maximum absolute atomic E-state index is 11.7. The minimum atomic E-state index is 0.338. The van der Waals surface area contributed by atoms with Crippen LogP contribution in [0.2, 0.25) is 0 Å². The number of amides is 1. The first-order chi connectivity index (χ1) is 9.77. The lowest BCUT2D eigenvalue weighted by atomic mass is 10.1. The van der Waals surface area contributed by atoms with Crippen LogP contribution in [0, 0.1) is 5.92 Å². The van der Waals surface area contributed by atoms with E-state index in [0.717, 1.165) is 44.4 Å². The van der Waals surface area contributed by atoms with Crippen LogP contribution in [0.15, 0.2) is 0 Å². The van der Waals surface area contributed by atoms with Crippen LogP contribution in [-0.2, 0) is 4.79 Å². The quantitative estimate of drug-likeness (QED) is 0.432. The summed E-state index contributed by atoms with van der Waals surface area (Å²) in [6.45, 7) is 6.29. The van der Waals surface area contributed by atoms with E-state index in [-0.39, 0.29) is 0 Å². The van der Waals surface area contributed by atoms with Crippen molar-refractivity contribution in [2.45, 2.75) is 58.3 Å². The predicted molar refractivity (Wildman–Crippen MR) is 89.3 cm³/mol. The molecule has 0 saturated carbocycles. The second-order valence-electron chi connectivity index (χ2n) is 5.94. The van der Waals surface area contributed by atoms with Crippen molar-refractivity contribution in [2.24, 2.45) is 5.92 Å². The summed E-state index contributed by atoms with van der Waals surface area (Å²) in [5, 5.41) is 4.44. The van der Waals surface area contributed by atoms with Crippen molar-refractivity contribution in [3.63, 3.8) is 0 Å². The molecule has 0 bridgehead atoms. The number of hydrogen-bond acceptors (Lipinski definition) is 2. The number of unbranched alkanes of at least 4 members (excludes halogenated alkanes) is 5. The second-order valence-corrected chi connectivity index (χ2v) is 6.58. The van der Waals surface area contributed by atoms with Crippen molar-refractivity contribution in [3.05, 3.63) is 0 Å². The molecule has 1 amide bonds. The first-order valence-corrected chi connectivity index (χ1v) is 9.44. The van der Waals surface area contributed by atoms with Crippen molar-refractivity contribution < 1.29 is 4.79 Å². The van der Waals surface area contributed by atoms with Crippen molar-refractivity contribution in [3.8, 4) is 0 Å². The van der Waals surface area contributed by atoms with Crippen molar-refractivity contribution >= 4 is 21.8 Å². The summed E-state index contributed by atoms with van der Waals surface area (Å²) in [7, 11) is 0. The Morgan fingerprint density at radius 2 is 1.85 bits per heavy atom. The molecule has 0 aliphatic carbocycles. The highest BCUT2D eigenvalue weighted by Crippen LogP contribution is 2.19. The van der Waals surface area contributed by atoms with E-state index in [0.29, 0.717) is 11.8 Å². The van der Waals surface area contributed by atoms with Gasteiger partial charge in [0, 0.05) is 24.8 Å². The molecule has 0 radical (unpaired) electrons. The zero-order valence-electron chi connectivity index (χ0n) is 13.0. The number of halogens is 1. The van der Waals surface area contributed by atoms with Crippen molar-refractivity contribution in [1.82, 2.24) is 10.2 Å². The minimum absolute atomic E-state index is 0.338. The van der Waals surface area contributed by atoms with Gasteiger partial charge in [0.15, 0.2) is 0 Å². The third-order valence-electron chi connectivity index (χ3n) is 4.00. The third-order valence-corrected chi connectivity index (χ3v) is 4.92. The van der Waals surface area contributed by atoms with E-state index in [4.69, 9.17) is 0 Å². The summed E-state index contributed by atoms with van der Waals surface area (Å²) < 4.78 is 0. The Morgan fingerprint density at radius 3 is 2.55 bits per heavy atom. The van der Waals surface area contributed by atoms with Gasteiger partial charge in [0.1, 0.15) is 0 Å². The second kappa shape index (κ2) is 11.6. The molecular formula is C16H31BrN2O. The Labute approximate surface area is 133 Å². The monoisotopic (exact) mass is 346 g/mol. The fourth-order valence-electron chi connectivity index (χ4n) is 2.72. The lowest BCUT2D eigenvalue weighted by Crippen LogP contribution is -2.29. The van der Waals surface area contributed by atoms with Gasteiger partial charge in [-0.1, -0.05) is 55.0 Å². The SMILES string of the molecule is CCCCCCCCNCCCN1CC(CBr)CC1=O. The van der Waals surface area contributed by atoms with Crippen LogP contribution >= 0.6 is 15.9 Å². The zero-order valence-corrected chi connectivity index (χ0v) is 14.6. The molecule has 3 nitrogen and oxygen atoms in total. The largest absolute Gasteiger partial charge is 0.342 e. The van der Waals surface area contributed by atoms with Gasteiger partial charge >= 0.3 is 0 Å². The maximum atomic E-state index is 11.7. The zero-order chi connectivity index (χ0) is 14.6. The highest BCUT2D eigenvalue weighted by atomic mass is 79.9. The molecule has 0 aromatic carbocycles. The van der Waals surface area contributed by atoms with Gasteiger partial charge in [0.05, 0.1) is 0 Å². The molecule has 1 aliphatic heterocycles. The topological polar surface area (TPSA) is 32.3 Å². The molecule has 4 heteroatoms. The van der Waals surface area contributed by atoms with Crippen molar-refractivity contribution in [2.75, 3.05) is 31.5 Å². The molecule has 1 atom stereocenters. The van der Waals surface area contributed by atoms with Gasteiger partial charge in [-0.25, -0.2) is 0 Å². The lowest BCUT2D eigenvalue weighted by Gasteiger charge is -2.16. The Kier molecular flexibility index (Phi) is 10.4. The number of carbonyl (C=O) groups is 1. The summed E-state index contributed by atoms with van der Waals surface area (Å²) in [6, 6.07) is 0. The third kappa shape index (κ3) is 7.63. The van der Waals surface area contributed by atoms with Crippen LogP contribution in [0.25, 0.3) is 0 Å². The van der Waals surface area contributed by atoms with Gasteiger partial charge < -0.3 is 10.2 Å². The van der Waals surface area contributed by atoms with Gasteiger partial charge in [-0.3, -0.25) is 4.79 Å². The number of alkyl halides is 1. The normalized spacial score (nSPS) is 19.0. The molecule has 1 unspecified atom stereocenters. The van der Waals surface area contributed by atoms with Crippen LogP contribution in [0.3, 0.4) is 0 Å². The fraction of sp³-hybridized carbons (Fsp3) is 0.938. The van der Waals surface area contributed by atoms with Crippen LogP contribution in [0.1, 0.15) is 58.3 Å². The molecule has 0 aromatic rings. The summed E-state index contributed by atoms with van der Waals surface area (Å²) in [4.78, 5) is 13.7. The molecule has 1 rings (SSSR count). The van der Waals surface area contributed by atoms with Crippen LogP contribution < -0.4 is 5.32 Å². The number of likely N-dealkylation sites (tertiary alicyclic amines) is 1. The summed E-state index contributed by atoms with van der Waals surface area (Å²) in [6.07, 6.45) is 9.93. The molecule has 1 aliphatic rings. The molecule has 1 heterocycles. The molecular weight excluding hydrogens is 316 g/mol. The summed E-state index contributed by atoms with van der Waals surface area (Å²) >= 11 is 3.47. The lowest BCUT2D eigenvalue weighted by molar-refractivity contribution is -0.127. The van der Waals surface area contributed by atoms with E-state index in [1.165, 1.54) is 38.5 Å². The van der Waals surface area contributed by atoms with E-state index in [9.17, 15) is 4.79 Å². The Morgan fingerprint density at radius 1 is 1.15 bits per heavy atom. The molecule has 1 saturated heterocycles. The number of hydrogen-bond donors (Lipinski definition) is 1. The van der Waals surface area contributed by atoms with Crippen LogP contribution in [-0.4, -0.2) is 42.3 Å². The summed E-state index contributed by atoms with van der Waals surface area (Å²) in [5.41, 5.74) is 0. The fourth-order valence-corrected chi connectivity index (χ4v) is 3.16. The van der Waals surface area contributed by atoms with E-state index >= 15 is 0 Å². The number of nitrogens with one attached hydrogen (secondary N) is 1. The highest BCUT2D eigenvalue weighted by Gasteiger charge is 2.27. The van der Waals surface area contributed by atoms with Gasteiger partial charge in [-0.15, -0.1) is 0 Å². The Balaban J connectivity index is 1.86. The average Bonchev–Trinajstić information content (AvgIpc) is 2.81. The molecule has 1 fully saturated rings. The summed E-state index contributed by atoms with van der Waals surface area (Å²) in [5.74, 6) is 0.865. The smallest absolute Gasteiger partial charge is 0.222 e. The number of rotatable bonds is 12. The predicted octanol–water partition coefficient (Wildman–Crippen LogP) is 3.57. The van der Waals surface area contributed by atoms with E-state index in [1.54, 1.807) is 0 Å². The van der Waals surface area contributed by atoms with Crippen molar-refractivity contribution in [1.29, 1.82) is 0 Å². The van der Waals surface area contributed by atoms with E-state index < -0.39 is 0 Å². The van der Waals surface area contributed by atoms with E-state index in [2.05, 4.69) is 28.2 Å². The van der Waals surface area contributed by atoms with Gasteiger partial charge in [0.25, 0.3) is 0 Å². The van der Waals surface area contributed by atoms with Crippen LogP contribution in [0.4, 0.5) is 0 Å². The molecule has 118 valence electrons. The molecule has 1 N–H and O–H groups in total. The molecule has 20 heavy (non-hydrogen) atoms. The first kappa shape index (κ1) is 18.0. The van der Waals surface area contributed by atoms with Crippen LogP contribution in [0.5, 0.6) is 0 Å². The van der Waals surface area contributed by atoms with E-state index in [1.807, 2.05) is 4.90 Å².